The van der Waals surface area contributed by atoms with Crippen molar-refractivity contribution < 1.29 is 4.74 Å². The van der Waals surface area contributed by atoms with Gasteiger partial charge < -0.3 is 10.6 Å². The van der Waals surface area contributed by atoms with Crippen molar-refractivity contribution in [1.29, 1.82) is 0 Å². The van der Waals surface area contributed by atoms with Crippen LogP contribution in [0.4, 0.5) is 0 Å². The SMILES string of the molecule is CCOC(=NN)c1cccc(C)c1. The standard InChI is InChI=1S/C10H14N2O/c1-3-13-10(12-11)9-6-4-5-8(2)7-9/h4-7H,3,11H2,1-2H3. The van der Waals surface area contributed by atoms with E-state index in [2.05, 4.69) is 5.10 Å². The smallest absolute Gasteiger partial charge is 0.237 e. The van der Waals surface area contributed by atoms with E-state index in [4.69, 9.17) is 10.6 Å². The zero-order chi connectivity index (χ0) is 9.68. The van der Waals surface area contributed by atoms with Gasteiger partial charge >= 0.3 is 0 Å². The van der Waals surface area contributed by atoms with Crippen LogP contribution in [-0.4, -0.2) is 12.5 Å². The lowest BCUT2D eigenvalue weighted by Crippen LogP contribution is -2.09. The van der Waals surface area contributed by atoms with Gasteiger partial charge in [0.1, 0.15) is 0 Å². The lowest BCUT2D eigenvalue weighted by molar-refractivity contribution is 0.327. The summed E-state index contributed by atoms with van der Waals surface area (Å²) in [5.74, 6) is 5.70. The number of aryl methyl sites for hydroxylation is 1. The van der Waals surface area contributed by atoms with Crippen molar-refractivity contribution in [3.8, 4) is 0 Å². The Hall–Kier alpha value is -1.51. The number of nitrogens with two attached hydrogens (primary N) is 1. The topological polar surface area (TPSA) is 47.6 Å². The molecule has 0 aliphatic carbocycles. The summed E-state index contributed by atoms with van der Waals surface area (Å²) in [4.78, 5) is 0. The van der Waals surface area contributed by atoms with Crippen LogP contribution < -0.4 is 5.84 Å². The summed E-state index contributed by atoms with van der Waals surface area (Å²) >= 11 is 0. The highest BCUT2D eigenvalue weighted by Gasteiger charge is 2.02. The van der Waals surface area contributed by atoms with Gasteiger partial charge in [0.05, 0.1) is 6.61 Å². The molecule has 0 saturated carbocycles. The average Bonchev–Trinajstić information content (AvgIpc) is 2.14. The molecule has 13 heavy (non-hydrogen) atoms. The Morgan fingerprint density at radius 2 is 2.31 bits per heavy atom. The molecule has 2 N–H and O–H groups in total. The average molecular weight is 178 g/mol. The van der Waals surface area contributed by atoms with E-state index in [-0.39, 0.29) is 0 Å². The van der Waals surface area contributed by atoms with E-state index in [1.165, 1.54) is 5.56 Å². The molecule has 0 radical (unpaired) electrons. The summed E-state index contributed by atoms with van der Waals surface area (Å²) in [5.41, 5.74) is 2.09. The predicted molar refractivity (Wildman–Crippen MR) is 53.5 cm³/mol. The molecule has 0 fully saturated rings. The highest BCUT2D eigenvalue weighted by Crippen LogP contribution is 2.05. The first-order valence-electron chi connectivity index (χ1n) is 4.25. The van der Waals surface area contributed by atoms with Gasteiger partial charge in [0, 0.05) is 5.56 Å². The van der Waals surface area contributed by atoms with Crippen molar-refractivity contribution in [1.82, 2.24) is 0 Å². The Morgan fingerprint density at radius 1 is 1.54 bits per heavy atom. The molecule has 1 rings (SSSR count). The molecule has 0 bridgehead atoms. The van der Waals surface area contributed by atoms with E-state index >= 15 is 0 Å². The number of hydrazone groups is 1. The van der Waals surface area contributed by atoms with Gasteiger partial charge in [-0.05, 0) is 26.0 Å². The van der Waals surface area contributed by atoms with Crippen molar-refractivity contribution in [2.45, 2.75) is 13.8 Å². The fraction of sp³-hybridized carbons (Fsp3) is 0.300. The molecule has 0 atom stereocenters. The van der Waals surface area contributed by atoms with Crippen LogP contribution in [0.15, 0.2) is 29.4 Å². The molecule has 0 saturated heterocycles. The minimum Gasteiger partial charge on any atom is -0.477 e. The van der Waals surface area contributed by atoms with Gasteiger partial charge in [0.25, 0.3) is 0 Å². The molecule has 0 aliphatic rings. The van der Waals surface area contributed by atoms with Crippen LogP contribution in [0, 0.1) is 6.92 Å². The summed E-state index contributed by atoms with van der Waals surface area (Å²) in [6.45, 7) is 4.49. The molecule has 0 aromatic heterocycles. The molecule has 70 valence electrons. The van der Waals surface area contributed by atoms with E-state index in [9.17, 15) is 0 Å². The zero-order valence-corrected chi connectivity index (χ0v) is 7.95. The van der Waals surface area contributed by atoms with Crippen LogP contribution in [0.5, 0.6) is 0 Å². The maximum atomic E-state index is 5.26. The van der Waals surface area contributed by atoms with E-state index in [1.807, 2.05) is 38.1 Å². The molecule has 3 heteroatoms. The van der Waals surface area contributed by atoms with Gasteiger partial charge in [-0.1, -0.05) is 17.7 Å². The van der Waals surface area contributed by atoms with Crippen LogP contribution in [0.3, 0.4) is 0 Å². The van der Waals surface area contributed by atoms with E-state index in [1.54, 1.807) is 0 Å². The van der Waals surface area contributed by atoms with Gasteiger partial charge in [-0.25, -0.2) is 0 Å². The van der Waals surface area contributed by atoms with Crippen molar-refractivity contribution in [3.05, 3.63) is 35.4 Å². The molecule has 0 unspecified atom stereocenters. The van der Waals surface area contributed by atoms with Crippen LogP contribution in [-0.2, 0) is 4.74 Å². The van der Waals surface area contributed by atoms with Crippen LogP contribution in [0.2, 0.25) is 0 Å². The van der Waals surface area contributed by atoms with Crippen molar-refractivity contribution in [2.24, 2.45) is 10.9 Å². The Bertz CT molecular complexity index is 308. The third-order valence-corrected chi connectivity index (χ3v) is 1.66. The van der Waals surface area contributed by atoms with Crippen molar-refractivity contribution in [3.63, 3.8) is 0 Å². The molecule has 0 spiro atoms. The quantitative estimate of drug-likeness (QED) is 0.324. The Kier molecular flexibility index (Phi) is 3.31. The predicted octanol–water partition coefficient (Wildman–Crippen LogP) is 1.65. The number of ether oxygens (including phenoxy) is 1. The number of hydrogen-bond donors (Lipinski definition) is 1. The van der Waals surface area contributed by atoms with Gasteiger partial charge in [0.2, 0.25) is 5.90 Å². The van der Waals surface area contributed by atoms with Crippen molar-refractivity contribution in [2.75, 3.05) is 6.61 Å². The van der Waals surface area contributed by atoms with Gasteiger partial charge in [-0.3, -0.25) is 0 Å². The van der Waals surface area contributed by atoms with Crippen LogP contribution in [0.25, 0.3) is 0 Å². The first kappa shape index (κ1) is 9.58. The monoisotopic (exact) mass is 178 g/mol. The van der Waals surface area contributed by atoms with Crippen LogP contribution in [0.1, 0.15) is 18.1 Å². The Labute approximate surface area is 78.2 Å². The van der Waals surface area contributed by atoms with E-state index in [0.717, 1.165) is 5.56 Å². The maximum Gasteiger partial charge on any atom is 0.237 e. The minimum atomic E-state index is 0.492. The second-order valence-electron chi connectivity index (χ2n) is 2.74. The summed E-state index contributed by atoms with van der Waals surface area (Å²) in [6.07, 6.45) is 0. The zero-order valence-electron chi connectivity index (χ0n) is 7.95. The molecular formula is C10H14N2O. The lowest BCUT2D eigenvalue weighted by atomic mass is 10.1. The van der Waals surface area contributed by atoms with Gasteiger partial charge in [-0.2, -0.15) is 0 Å². The Balaban J connectivity index is 2.92. The molecule has 0 heterocycles. The molecule has 1 aromatic rings. The lowest BCUT2D eigenvalue weighted by Gasteiger charge is -2.06. The van der Waals surface area contributed by atoms with Crippen molar-refractivity contribution >= 4 is 5.90 Å². The summed E-state index contributed by atoms with van der Waals surface area (Å²) < 4.78 is 5.26. The maximum absolute atomic E-state index is 5.26. The highest BCUT2D eigenvalue weighted by molar-refractivity contribution is 5.94. The number of hydrogen-bond acceptors (Lipinski definition) is 3. The molecule has 0 aliphatic heterocycles. The largest absolute Gasteiger partial charge is 0.477 e. The molecule has 0 amide bonds. The number of rotatable bonds is 2. The van der Waals surface area contributed by atoms with E-state index in [0.29, 0.717) is 12.5 Å². The second-order valence-corrected chi connectivity index (χ2v) is 2.74. The normalized spacial score (nSPS) is 11.4. The fourth-order valence-corrected chi connectivity index (χ4v) is 1.11. The third-order valence-electron chi connectivity index (χ3n) is 1.66. The highest BCUT2D eigenvalue weighted by atomic mass is 16.5. The van der Waals surface area contributed by atoms with E-state index < -0.39 is 0 Å². The first-order chi connectivity index (χ1) is 6.27. The fourth-order valence-electron chi connectivity index (χ4n) is 1.11. The molecule has 3 nitrogen and oxygen atoms in total. The number of nitrogens with zero attached hydrogens (tertiary/aromatic N) is 1. The second kappa shape index (κ2) is 4.50. The van der Waals surface area contributed by atoms with Crippen LogP contribution >= 0.6 is 0 Å². The molecular weight excluding hydrogens is 164 g/mol. The van der Waals surface area contributed by atoms with Gasteiger partial charge in [-0.15, -0.1) is 5.10 Å². The first-order valence-corrected chi connectivity index (χ1v) is 4.25. The summed E-state index contributed by atoms with van der Waals surface area (Å²) in [7, 11) is 0. The summed E-state index contributed by atoms with van der Waals surface area (Å²) in [5, 5.41) is 3.58. The Morgan fingerprint density at radius 3 is 2.85 bits per heavy atom. The number of benzene rings is 1. The van der Waals surface area contributed by atoms with Gasteiger partial charge in [0.15, 0.2) is 0 Å². The summed E-state index contributed by atoms with van der Waals surface area (Å²) in [6, 6.07) is 7.88. The molecule has 1 aromatic carbocycles. The third kappa shape index (κ3) is 2.47. The minimum absolute atomic E-state index is 0.492.